The van der Waals surface area contributed by atoms with Crippen LogP contribution in [-0.2, 0) is 11.3 Å². The van der Waals surface area contributed by atoms with Crippen LogP contribution < -0.4 is 20.5 Å². The number of hydrogen-bond donors (Lipinski definition) is 1. The molecule has 7 nitrogen and oxygen atoms in total. The Morgan fingerprint density at radius 2 is 2.03 bits per heavy atom. The number of aryl methyl sites for hydroxylation is 1. The minimum absolute atomic E-state index is 0.0124. The number of anilines is 1. The zero-order valence-electron chi connectivity index (χ0n) is 19.9. The van der Waals surface area contributed by atoms with Crippen molar-refractivity contribution in [3.8, 4) is 11.4 Å². The van der Waals surface area contributed by atoms with Crippen molar-refractivity contribution < 1.29 is 9.53 Å². The van der Waals surface area contributed by atoms with Crippen LogP contribution in [0.3, 0.4) is 0 Å². The molecule has 0 saturated carbocycles. The van der Waals surface area contributed by atoms with Crippen LogP contribution in [0.15, 0.2) is 64.8 Å². The minimum atomic E-state index is -0.184. The lowest BCUT2D eigenvalue weighted by Crippen LogP contribution is -2.45. The standard InChI is InChI=1S/C27H28N4O3S/c1-18-8-10-21(11-9-18)31-26(33)24-23(12-14-35-24)29-27(31)30-13-4-6-20(17-30)25(32)28-16-19-5-3-7-22(15-19)34-2/h3,5,7-12,14-15,20H,4,6,13,16-17H2,1-2H3,(H,28,32)/t20-/m1/s1. The third-order valence-corrected chi connectivity index (χ3v) is 7.32. The fraction of sp³-hybridized carbons (Fsp3) is 0.296. The van der Waals surface area contributed by atoms with Crippen molar-refractivity contribution in [1.82, 2.24) is 14.9 Å². The fourth-order valence-corrected chi connectivity index (χ4v) is 5.29. The molecule has 4 aromatic rings. The van der Waals surface area contributed by atoms with Crippen molar-refractivity contribution in [3.05, 3.63) is 81.5 Å². The van der Waals surface area contributed by atoms with Gasteiger partial charge in [0.1, 0.15) is 10.4 Å². The number of piperidine rings is 1. The van der Waals surface area contributed by atoms with Crippen LogP contribution in [0, 0.1) is 12.8 Å². The molecule has 0 aliphatic carbocycles. The highest BCUT2D eigenvalue weighted by atomic mass is 32.1. The molecule has 0 bridgehead atoms. The molecule has 0 spiro atoms. The van der Waals surface area contributed by atoms with Gasteiger partial charge in [-0.1, -0.05) is 29.8 Å². The number of rotatable bonds is 6. The van der Waals surface area contributed by atoms with Crippen molar-refractivity contribution in [2.24, 2.45) is 5.92 Å². The Balaban J connectivity index is 1.40. The van der Waals surface area contributed by atoms with E-state index in [1.807, 2.05) is 66.9 Å². The molecule has 5 rings (SSSR count). The molecule has 1 aliphatic rings. The summed E-state index contributed by atoms with van der Waals surface area (Å²) in [5.74, 6) is 1.19. The minimum Gasteiger partial charge on any atom is -0.497 e. The Hall–Kier alpha value is -3.65. The number of methoxy groups -OCH3 is 1. The molecule has 1 N–H and O–H groups in total. The van der Waals surface area contributed by atoms with Gasteiger partial charge in [-0.25, -0.2) is 9.55 Å². The van der Waals surface area contributed by atoms with Crippen LogP contribution in [-0.4, -0.2) is 35.7 Å². The largest absolute Gasteiger partial charge is 0.497 e. The number of amides is 1. The van der Waals surface area contributed by atoms with Gasteiger partial charge in [0, 0.05) is 19.6 Å². The SMILES string of the molecule is COc1cccc(CNC(=O)[C@@H]2CCCN(c3nc4ccsc4c(=O)n3-c3ccc(C)cc3)C2)c1. The number of fused-ring (bicyclic) bond motifs is 1. The quantitative estimate of drug-likeness (QED) is 0.438. The number of aromatic nitrogens is 2. The van der Waals surface area contributed by atoms with Crippen LogP contribution in [0.5, 0.6) is 5.75 Å². The first-order valence-corrected chi connectivity index (χ1v) is 12.6. The van der Waals surface area contributed by atoms with Gasteiger partial charge in [-0.05, 0) is 61.0 Å². The third-order valence-electron chi connectivity index (χ3n) is 6.43. The molecule has 1 atom stereocenters. The number of thiophene rings is 1. The van der Waals surface area contributed by atoms with Gasteiger partial charge in [0.2, 0.25) is 11.9 Å². The highest BCUT2D eigenvalue weighted by Gasteiger charge is 2.29. The smallest absolute Gasteiger partial charge is 0.277 e. The summed E-state index contributed by atoms with van der Waals surface area (Å²) in [5.41, 5.74) is 3.52. The Morgan fingerprint density at radius 3 is 2.83 bits per heavy atom. The zero-order chi connectivity index (χ0) is 24.4. The lowest BCUT2D eigenvalue weighted by Gasteiger charge is -2.34. The van der Waals surface area contributed by atoms with Crippen LogP contribution in [0.25, 0.3) is 15.9 Å². The molecule has 1 aliphatic heterocycles. The summed E-state index contributed by atoms with van der Waals surface area (Å²) >= 11 is 1.41. The van der Waals surface area contributed by atoms with Crippen molar-refractivity contribution in [2.75, 3.05) is 25.1 Å². The van der Waals surface area contributed by atoms with Gasteiger partial charge in [0.15, 0.2) is 0 Å². The highest BCUT2D eigenvalue weighted by Crippen LogP contribution is 2.27. The normalized spacial score (nSPS) is 15.8. The lowest BCUT2D eigenvalue weighted by molar-refractivity contribution is -0.125. The first kappa shape index (κ1) is 23.1. The maximum atomic E-state index is 13.5. The number of benzene rings is 2. The molecule has 2 aromatic carbocycles. The topological polar surface area (TPSA) is 76.5 Å². The van der Waals surface area contributed by atoms with E-state index in [9.17, 15) is 9.59 Å². The molecule has 1 amide bonds. The van der Waals surface area contributed by atoms with Crippen molar-refractivity contribution in [2.45, 2.75) is 26.3 Å². The number of carbonyl (C=O) groups is 1. The monoisotopic (exact) mass is 488 g/mol. The van der Waals surface area contributed by atoms with E-state index in [1.54, 1.807) is 11.7 Å². The summed E-state index contributed by atoms with van der Waals surface area (Å²) in [4.78, 5) is 33.5. The third kappa shape index (κ3) is 4.79. The van der Waals surface area contributed by atoms with E-state index in [0.29, 0.717) is 29.3 Å². The number of ether oxygens (including phenoxy) is 1. The van der Waals surface area contributed by atoms with Gasteiger partial charge in [-0.15, -0.1) is 11.3 Å². The van der Waals surface area contributed by atoms with Crippen LogP contribution in [0.1, 0.15) is 24.0 Å². The van der Waals surface area contributed by atoms with E-state index in [-0.39, 0.29) is 17.4 Å². The molecule has 2 aromatic heterocycles. The lowest BCUT2D eigenvalue weighted by atomic mass is 9.97. The molecule has 1 fully saturated rings. The summed E-state index contributed by atoms with van der Waals surface area (Å²) in [6.07, 6.45) is 1.65. The second-order valence-corrected chi connectivity index (χ2v) is 9.79. The number of hydrogen-bond acceptors (Lipinski definition) is 6. The maximum Gasteiger partial charge on any atom is 0.277 e. The molecular formula is C27H28N4O3S. The Labute approximate surface area is 208 Å². The van der Waals surface area contributed by atoms with Gasteiger partial charge in [-0.2, -0.15) is 0 Å². The van der Waals surface area contributed by atoms with Crippen LogP contribution in [0.4, 0.5) is 5.95 Å². The van der Waals surface area contributed by atoms with Gasteiger partial charge >= 0.3 is 0 Å². The average Bonchev–Trinajstić information content (AvgIpc) is 3.37. The van der Waals surface area contributed by atoms with Gasteiger partial charge in [0.05, 0.1) is 24.2 Å². The fourth-order valence-electron chi connectivity index (χ4n) is 4.53. The van der Waals surface area contributed by atoms with Crippen molar-refractivity contribution >= 4 is 33.4 Å². The van der Waals surface area contributed by atoms with Crippen molar-refractivity contribution in [1.29, 1.82) is 0 Å². The maximum absolute atomic E-state index is 13.5. The van der Waals surface area contributed by atoms with E-state index >= 15 is 0 Å². The first-order valence-electron chi connectivity index (χ1n) is 11.8. The van der Waals surface area contributed by atoms with E-state index in [2.05, 4.69) is 10.2 Å². The molecule has 8 heteroatoms. The Bertz CT molecular complexity index is 1410. The van der Waals surface area contributed by atoms with E-state index in [4.69, 9.17) is 9.72 Å². The van der Waals surface area contributed by atoms with Gasteiger partial charge in [0.25, 0.3) is 5.56 Å². The van der Waals surface area contributed by atoms with Crippen LogP contribution in [0.2, 0.25) is 0 Å². The van der Waals surface area contributed by atoms with Gasteiger partial charge in [-0.3, -0.25) is 9.59 Å². The first-order chi connectivity index (χ1) is 17.0. The summed E-state index contributed by atoms with van der Waals surface area (Å²) in [5, 5.41) is 4.97. The summed E-state index contributed by atoms with van der Waals surface area (Å²) < 4.78 is 7.60. The number of nitrogens with zero attached hydrogens (tertiary/aromatic N) is 3. The number of nitrogens with one attached hydrogen (secondary N) is 1. The van der Waals surface area contributed by atoms with E-state index in [1.165, 1.54) is 11.3 Å². The second kappa shape index (κ2) is 9.92. The molecule has 1 saturated heterocycles. The van der Waals surface area contributed by atoms with E-state index in [0.717, 1.165) is 42.0 Å². The van der Waals surface area contributed by atoms with Crippen LogP contribution >= 0.6 is 11.3 Å². The summed E-state index contributed by atoms with van der Waals surface area (Å²) in [7, 11) is 1.63. The average molecular weight is 489 g/mol. The van der Waals surface area contributed by atoms with E-state index < -0.39 is 0 Å². The predicted molar refractivity (Wildman–Crippen MR) is 140 cm³/mol. The molecule has 0 unspecified atom stereocenters. The van der Waals surface area contributed by atoms with Crippen molar-refractivity contribution in [3.63, 3.8) is 0 Å². The molecular weight excluding hydrogens is 460 g/mol. The predicted octanol–water partition coefficient (Wildman–Crippen LogP) is 4.30. The molecule has 180 valence electrons. The van der Waals surface area contributed by atoms with Gasteiger partial charge < -0.3 is 15.0 Å². The summed E-state index contributed by atoms with van der Waals surface area (Å²) in [6.45, 7) is 3.72. The molecule has 0 radical (unpaired) electrons. The highest BCUT2D eigenvalue weighted by molar-refractivity contribution is 7.17. The molecule has 3 heterocycles. The number of carbonyl (C=O) groups excluding carboxylic acids is 1. The molecule has 35 heavy (non-hydrogen) atoms. The zero-order valence-corrected chi connectivity index (χ0v) is 20.7. The Morgan fingerprint density at radius 1 is 1.20 bits per heavy atom. The second-order valence-electron chi connectivity index (χ2n) is 8.88. The summed E-state index contributed by atoms with van der Waals surface area (Å²) in [6, 6.07) is 17.5. The Kier molecular flexibility index (Phi) is 6.55.